The summed E-state index contributed by atoms with van der Waals surface area (Å²) in [6.07, 6.45) is 8.58. The zero-order chi connectivity index (χ0) is 12.2. The van der Waals surface area contributed by atoms with Crippen molar-refractivity contribution in [3.8, 4) is 0 Å². The minimum absolute atomic E-state index is 0.364. The molecule has 5 rings (SSSR count). The van der Waals surface area contributed by atoms with Crippen molar-refractivity contribution < 1.29 is 0 Å². The molecule has 3 heteroatoms. The van der Waals surface area contributed by atoms with Crippen LogP contribution in [0.15, 0.2) is 22.8 Å². The Morgan fingerprint density at radius 3 is 2.22 bits per heavy atom. The molecule has 1 aromatic heterocycles. The summed E-state index contributed by atoms with van der Waals surface area (Å²) in [5.74, 6) is 3.99. The zero-order valence-electron chi connectivity index (χ0n) is 10.5. The van der Waals surface area contributed by atoms with Gasteiger partial charge in [-0.2, -0.15) is 0 Å². The molecule has 0 spiro atoms. The normalized spacial score (nSPS) is 41.1. The number of anilines is 1. The lowest BCUT2D eigenvalue weighted by Crippen LogP contribution is -2.54. The van der Waals surface area contributed by atoms with Gasteiger partial charge in [-0.3, -0.25) is 0 Å². The summed E-state index contributed by atoms with van der Waals surface area (Å²) in [6.45, 7) is 0. The third kappa shape index (κ3) is 1.87. The Balaban J connectivity index is 1.60. The molecule has 4 fully saturated rings. The summed E-state index contributed by atoms with van der Waals surface area (Å²) < 4.78 is 0.928. The summed E-state index contributed by atoms with van der Waals surface area (Å²) in [6, 6.07) is 6.16. The van der Waals surface area contributed by atoms with Crippen LogP contribution in [0.3, 0.4) is 0 Å². The first kappa shape index (κ1) is 11.3. The molecule has 0 unspecified atom stereocenters. The van der Waals surface area contributed by atoms with E-state index >= 15 is 0 Å². The van der Waals surface area contributed by atoms with Gasteiger partial charge in [0, 0.05) is 5.54 Å². The van der Waals surface area contributed by atoms with Crippen LogP contribution in [0.2, 0.25) is 0 Å². The van der Waals surface area contributed by atoms with Gasteiger partial charge in [0.05, 0.1) is 0 Å². The molecule has 1 heterocycles. The average molecular weight is 307 g/mol. The van der Waals surface area contributed by atoms with Gasteiger partial charge in [-0.25, -0.2) is 4.98 Å². The molecule has 18 heavy (non-hydrogen) atoms. The van der Waals surface area contributed by atoms with Gasteiger partial charge in [-0.15, -0.1) is 0 Å². The van der Waals surface area contributed by atoms with Crippen LogP contribution < -0.4 is 5.32 Å². The molecule has 4 bridgehead atoms. The maximum atomic E-state index is 4.55. The highest BCUT2D eigenvalue weighted by Crippen LogP contribution is 2.56. The standard InChI is InChI=1S/C15H19BrN2/c16-13-2-1-3-14(17-13)18-15-7-10-4-11(8-15)6-12(5-10)9-15/h1-3,10-12H,4-9H2,(H,17,18). The Labute approximate surface area is 117 Å². The molecule has 0 atom stereocenters. The Kier molecular flexibility index (Phi) is 2.48. The molecule has 4 aliphatic carbocycles. The van der Waals surface area contributed by atoms with Crippen molar-refractivity contribution in [2.75, 3.05) is 5.32 Å². The molecule has 2 nitrogen and oxygen atoms in total. The van der Waals surface area contributed by atoms with Crippen LogP contribution in [0.25, 0.3) is 0 Å². The molecule has 0 radical (unpaired) electrons. The lowest BCUT2D eigenvalue weighted by atomic mass is 9.53. The van der Waals surface area contributed by atoms with Gasteiger partial charge in [0.2, 0.25) is 0 Å². The first-order valence-electron chi connectivity index (χ1n) is 7.12. The lowest BCUT2D eigenvalue weighted by Gasteiger charge is -2.57. The van der Waals surface area contributed by atoms with E-state index in [9.17, 15) is 0 Å². The number of nitrogens with zero attached hydrogens (tertiary/aromatic N) is 1. The summed E-state index contributed by atoms with van der Waals surface area (Å²) in [7, 11) is 0. The fourth-order valence-electron chi connectivity index (χ4n) is 5.01. The molecule has 0 aliphatic heterocycles. The van der Waals surface area contributed by atoms with Gasteiger partial charge in [0.15, 0.2) is 0 Å². The number of nitrogens with one attached hydrogen (secondary N) is 1. The number of pyridine rings is 1. The quantitative estimate of drug-likeness (QED) is 0.827. The first-order chi connectivity index (χ1) is 8.71. The van der Waals surface area contributed by atoms with Gasteiger partial charge < -0.3 is 5.32 Å². The molecular weight excluding hydrogens is 288 g/mol. The summed E-state index contributed by atoms with van der Waals surface area (Å²) in [4.78, 5) is 4.55. The second-order valence-electron chi connectivity index (χ2n) is 6.67. The molecule has 4 saturated carbocycles. The SMILES string of the molecule is Brc1cccc(NC23CC4CC(CC(C4)C2)C3)n1. The van der Waals surface area contributed by atoms with Crippen LogP contribution in [0.4, 0.5) is 5.82 Å². The van der Waals surface area contributed by atoms with Gasteiger partial charge in [0.1, 0.15) is 10.4 Å². The average Bonchev–Trinajstić information content (AvgIpc) is 2.25. The molecule has 0 amide bonds. The van der Waals surface area contributed by atoms with E-state index in [4.69, 9.17) is 0 Å². The Morgan fingerprint density at radius 1 is 1.06 bits per heavy atom. The molecule has 96 valence electrons. The monoisotopic (exact) mass is 306 g/mol. The highest BCUT2D eigenvalue weighted by atomic mass is 79.9. The minimum atomic E-state index is 0.364. The maximum absolute atomic E-state index is 4.55. The highest BCUT2D eigenvalue weighted by molar-refractivity contribution is 9.10. The van der Waals surface area contributed by atoms with E-state index in [0.29, 0.717) is 5.54 Å². The van der Waals surface area contributed by atoms with Gasteiger partial charge >= 0.3 is 0 Å². The Hall–Kier alpha value is -0.570. The van der Waals surface area contributed by atoms with Crippen LogP contribution >= 0.6 is 15.9 Å². The van der Waals surface area contributed by atoms with Crippen molar-refractivity contribution in [3.05, 3.63) is 22.8 Å². The summed E-state index contributed by atoms with van der Waals surface area (Å²) >= 11 is 3.46. The number of rotatable bonds is 2. The van der Waals surface area contributed by atoms with Gasteiger partial charge in [-0.05, 0) is 84.3 Å². The van der Waals surface area contributed by atoms with Crippen molar-refractivity contribution in [2.24, 2.45) is 17.8 Å². The van der Waals surface area contributed by atoms with Crippen LogP contribution in [0.1, 0.15) is 38.5 Å². The Bertz CT molecular complexity index is 436. The topological polar surface area (TPSA) is 24.9 Å². The molecule has 0 aromatic carbocycles. The largest absolute Gasteiger partial charge is 0.365 e. The third-order valence-corrected chi connectivity index (χ3v) is 5.59. The number of halogens is 1. The second-order valence-corrected chi connectivity index (χ2v) is 7.48. The minimum Gasteiger partial charge on any atom is -0.365 e. The van der Waals surface area contributed by atoms with E-state index < -0.39 is 0 Å². The fourth-order valence-corrected chi connectivity index (χ4v) is 5.36. The van der Waals surface area contributed by atoms with Gasteiger partial charge in [0.25, 0.3) is 0 Å². The van der Waals surface area contributed by atoms with E-state index in [1.54, 1.807) is 0 Å². The first-order valence-corrected chi connectivity index (χ1v) is 7.91. The van der Waals surface area contributed by atoms with E-state index in [1.165, 1.54) is 38.5 Å². The predicted molar refractivity (Wildman–Crippen MR) is 76.5 cm³/mol. The summed E-state index contributed by atoms with van der Waals surface area (Å²) in [5.41, 5.74) is 0.364. The van der Waals surface area contributed by atoms with Crippen molar-refractivity contribution in [1.29, 1.82) is 0 Å². The van der Waals surface area contributed by atoms with Crippen molar-refractivity contribution in [3.63, 3.8) is 0 Å². The summed E-state index contributed by atoms with van der Waals surface area (Å²) in [5, 5.41) is 3.79. The molecule has 4 aliphatic rings. The van der Waals surface area contributed by atoms with Crippen molar-refractivity contribution >= 4 is 21.7 Å². The molecule has 0 saturated heterocycles. The van der Waals surface area contributed by atoms with Crippen LogP contribution in [-0.4, -0.2) is 10.5 Å². The van der Waals surface area contributed by atoms with Crippen molar-refractivity contribution in [2.45, 2.75) is 44.1 Å². The maximum Gasteiger partial charge on any atom is 0.127 e. The van der Waals surface area contributed by atoms with Gasteiger partial charge in [-0.1, -0.05) is 6.07 Å². The lowest BCUT2D eigenvalue weighted by molar-refractivity contribution is 0.0105. The van der Waals surface area contributed by atoms with Crippen molar-refractivity contribution in [1.82, 2.24) is 4.98 Å². The zero-order valence-corrected chi connectivity index (χ0v) is 12.1. The highest BCUT2D eigenvalue weighted by Gasteiger charge is 2.50. The fraction of sp³-hybridized carbons (Fsp3) is 0.667. The number of hydrogen-bond acceptors (Lipinski definition) is 2. The molecule has 1 N–H and O–H groups in total. The smallest absolute Gasteiger partial charge is 0.127 e. The van der Waals surface area contributed by atoms with Crippen LogP contribution in [0.5, 0.6) is 0 Å². The van der Waals surface area contributed by atoms with E-state index in [2.05, 4.69) is 38.4 Å². The van der Waals surface area contributed by atoms with E-state index in [-0.39, 0.29) is 0 Å². The number of aromatic nitrogens is 1. The molecule has 1 aromatic rings. The Morgan fingerprint density at radius 2 is 1.67 bits per heavy atom. The number of hydrogen-bond donors (Lipinski definition) is 1. The predicted octanol–water partition coefficient (Wildman–Crippen LogP) is 4.22. The van der Waals surface area contributed by atoms with E-state index in [0.717, 1.165) is 28.2 Å². The van der Waals surface area contributed by atoms with Crippen LogP contribution in [0, 0.1) is 17.8 Å². The van der Waals surface area contributed by atoms with E-state index in [1.807, 2.05) is 6.07 Å². The molecular formula is C15H19BrN2. The third-order valence-electron chi connectivity index (χ3n) is 5.15. The van der Waals surface area contributed by atoms with Crippen LogP contribution in [-0.2, 0) is 0 Å². The second kappa shape index (κ2) is 3.96.